The van der Waals surface area contributed by atoms with Crippen molar-refractivity contribution >= 4 is 17.3 Å². The summed E-state index contributed by atoms with van der Waals surface area (Å²) >= 11 is 5.52. The Morgan fingerprint density at radius 1 is 1.67 bits per heavy atom. The highest BCUT2D eigenvalue weighted by molar-refractivity contribution is 6.17. The molecule has 0 fully saturated rings. The van der Waals surface area contributed by atoms with Crippen LogP contribution in [0.1, 0.15) is 11.1 Å². The molecule has 0 spiro atoms. The second-order valence-corrected chi connectivity index (χ2v) is 2.67. The van der Waals surface area contributed by atoms with Crippen LogP contribution in [0.5, 0.6) is 0 Å². The maximum Gasteiger partial charge on any atom is 0.276 e. The average Bonchev–Trinajstić information content (AvgIpc) is 2.03. The van der Waals surface area contributed by atoms with E-state index < -0.39 is 4.92 Å². The summed E-state index contributed by atoms with van der Waals surface area (Å²) in [7, 11) is 0. The van der Waals surface area contributed by atoms with Gasteiger partial charge in [0.15, 0.2) is 0 Å². The predicted octanol–water partition coefficient (Wildman–Crippen LogP) is 2.44. The highest BCUT2D eigenvalue weighted by atomic mass is 35.5. The van der Waals surface area contributed by atoms with Crippen LogP contribution in [0.25, 0.3) is 0 Å². The smallest absolute Gasteiger partial charge is 0.258 e. The van der Waals surface area contributed by atoms with Crippen molar-refractivity contribution in [3.8, 4) is 0 Å². The lowest BCUT2D eigenvalue weighted by atomic mass is 10.1. The summed E-state index contributed by atoms with van der Waals surface area (Å²) in [5.74, 6) is 0.147. The third kappa shape index (κ3) is 1.56. The molecule has 0 aliphatic rings. The Bertz CT molecular complexity index is 312. The number of rotatable bonds is 2. The molecule has 0 aliphatic heterocycles. The van der Waals surface area contributed by atoms with Gasteiger partial charge in [-0.2, -0.15) is 0 Å². The van der Waals surface area contributed by atoms with Gasteiger partial charge in [0.25, 0.3) is 5.69 Å². The Labute approximate surface area is 75.1 Å². The molecule has 12 heavy (non-hydrogen) atoms. The number of halogens is 1. The highest BCUT2D eigenvalue weighted by Crippen LogP contribution is 2.23. The van der Waals surface area contributed by atoms with Crippen LogP contribution in [0, 0.1) is 23.1 Å². The van der Waals surface area contributed by atoms with Crippen LogP contribution in [0.4, 0.5) is 5.69 Å². The van der Waals surface area contributed by atoms with Gasteiger partial charge in [0.05, 0.1) is 10.8 Å². The van der Waals surface area contributed by atoms with Crippen molar-refractivity contribution in [3.63, 3.8) is 0 Å². The van der Waals surface area contributed by atoms with E-state index in [-0.39, 0.29) is 11.6 Å². The molecule has 0 saturated carbocycles. The molecule has 0 aromatic heterocycles. The zero-order chi connectivity index (χ0) is 9.14. The fraction of sp³-hybridized carbons (Fsp3) is 0.250. The fourth-order valence-corrected chi connectivity index (χ4v) is 1.22. The fourth-order valence-electron chi connectivity index (χ4n) is 1.02. The summed E-state index contributed by atoms with van der Waals surface area (Å²) in [5, 5.41) is 10.5. The molecule has 3 nitrogen and oxygen atoms in total. The molecule has 63 valence electrons. The Hall–Kier alpha value is -1.09. The monoisotopic (exact) mass is 184 g/mol. The van der Waals surface area contributed by atoms with Gasteiger partial charge in [-0.05, 0) is 25.1 Å². The van der Waals surface area contributed by atoms with Crippen molar-refractivity contribution in [2.45, 2.75) is 12.8 Å². The Kier molecular flexibility index (Phi) is 2.65. The number of nitro groups is 1. The molecule has 0 bridgehead atoms. The zero-order valence-electron chi connectivity index (χ0n) is 6.50. The summed E-state index contributed by atoms with van der Waals surface area (Å²) in [4.78, 5) is 10.1. The molecule has 0 saturated heterocycles. The molecule has 0 heterocycles. The van der Waals surface area contributed by atoms with Crippen LogP contribution in [0.15, 0.2) is 12.1 Å². The zero-order valence-corrected chi connectivity index (χ0v) is 7.26. The maximum atomic E-state index is 10.5. The Morgan fingerprint density at radius 3 is 2.75 bits per heavy atom. The minimum absolute atomic E-state index is 0.101. The highest BCUT2D eigenvalue weighted by Gasteiger charge is 2.15. The third-order valence-electron chi connectivity index (χ3n) is 1.56. The molecule has 0 aliphatic carbocycles. The number of nitrogens with zero attached hydrogens (tertiary/aromatic N) is 1. The first kappa shape index (κ1) is 9.00. The van der Waals surface area contributed by atoms with Crippen molar-refractivity contribution in [1.29, 1.82) is 0 Å². The summed E-state index contributed by atoms with van der Waals surface area (Å²) in [5.41, 5.74) is 1.21. The van der Waals surface area contributed by atoms with E-state index in [2.05, 4.69) is 6.07 Å². The molecular weight excluding hydrogens is 178 g/mol. The number of nitro benzene ring substituents is 1. The average molecular weight is 185 g/mol. The van der Waals surface area contributed by atoms with Gasteiger partial charge in [-0.1, -0.05) is 0 Å². The number of hydrogen-bond donors (Lipinski definition) is 0. The normalized spacial score (nSPS) is 9.83. The van der Waals surface area contributed by atoms with Crippen LogP contribution in [0.2, 0.25) is 0 Å². The number of hydrogen-bond acceptors (Lipinski definition) is 2. The molecule has 0 amide bonds. The SMILES string of the molecule is Cc1c[c]cc(CCl)c1[N+](=O)[O-]. The minimum atomic E-state index is -0.416. The summed E-state index contributed by atoms with van der Waals surface area (Å²) < 4.78 is 0. The van der Waals surface area contributed by atoms with Crippen LogP contribution < -0.4 is 0 Å². The maximum absolute atomic E-state index is 10.5. The number of aryl methyl sites for hydroxylation is 1. The van der Waals surface area contributed by atoms with Crippen molar-refractivity contribution in [1.82, 2.24) is 0 Å². The predicted molar refractivity (Wildman–Crippen MR) is 46.2 cm³/mol. The van der Waals surface area contributed by atoms with Gasteiger partial charge >= 0.3 is 0 Å². The first-order chi connectivity index (χ1) is 5.66. The molecule has 1 rings (SSSR count). The van der Waals surface area contributed by atoms with Gasteiger partial charge in [0.1, 0.15) is 0 Å². The van der Waals surface area contributed by atoms with E-state index in [0.29, 0.717) is 11.1 Å². The summed E-state index contributed by atoms with van der Waals surface area (Å²) in [6.07, 6.45) is 0. The molecule has 0 N–H and O–H groups in total. The lowest BCUT2D eigenvalue weighted by Crippen LogP contribution is -1.96. The van der Waals surface area contributed by atoms with Crippen molar-refractivity contribution in [3.05, 3.63) is 39.4 Å². The summed E-state index contributed by atoms with van der Waals surface area (Å²) in [6, 6.07) is 5.90. The molecule has 1 radical (unpaired) electrons. The molecule has 1 aromatic rings. The van der Waals surface area contributed by atoms with Crippen LogP contribution in [-0.4, -0.2) is 4.92 Å². The van der Waals surface area contributed by atoms with E-state index in [9.17, 15) is 10.1 Å². The van der Waals surface area contributed by atoms with Crippen LogP contribution >= 0.6 is 11.6 Å². The van der Waals surface area contributed by atoms with Crippen molar-refractivity contribution in [2.24, 2.45) is 0 Å². The first-order valence-corrected chi connectivity index (χ1v) is 3.90. The Balaban J connectivity index is 3.29. The standard InChI is InChI=1S/C8H7ClNO2/c1-6-3-2-4-7(5-9)8(6)10(11)12/h3-4H,5H2,1H3. The summed E-state index contributed by atoms with van der Waals surface area (Å²) in [6.45, 7) is 1.67. The Morgan fingerprint density at radius 2 is 2.33 bits per heavy atom. The van der Waals surface area contributed by atoms with E-state index in [0.717, 1.165) is 0 Å². The van der Waals surface area contributed by atoms with Crippen LogP contribution in [-0.2, 0) is 5.88 Å². The quantitative estimate of drug-likeness (QED) is 0.403. The first-order valence-electron chi connectivity index (χ1n) is 3.36. The van der Waals surface area contributed by atoms with Gasteiger partial charge in [0.2, 0.25) is 0 Å². The van der Waals surface area contributed by atoms with Gasteiger partial charge in [-0.25, -0.2) is 0 Å². The largest absolute Gasteiger partial charge is 0.276 e. The van der Waals surface area contributed by atoms with E-state index in [1.807, 2.05) is 0 Å². The van der Waals surface area contributed by atoms with Crippen LogP contribution in [0.3, 0.4) is 0 Å². The van der Waals surface area contributed by atoms with Gasteiger partial charge in [0, 0.05) is 11.1 Å². The van der Waals surface area contributed by atoms with Gasteiger partial charge in [-0.15, -0.1) is 11.6 Å². The second-order valence-electron chi connectivity index (χ2n) is 2.40. The van der Waals surface area contributed by atoms with E-state index >= 15 is 0 Å². The molecule has 1 aromatic carbocycles. The lowest BCUT2D eigenvalue weighted by molar-refractivity contribution is -0.386. The van der Waals surface area contributed by atoms with E-state index in [1.54, 1.807) is 13.0 Å². The number of alkyl halides is 1. The van der Waals surface area contributed by atoms with Gasteiger partial charge < -0.3 is 0 Å². The third-order valence-corrected chi connectivity index (χ3v) is 1.85. The molecule has 4 heteroatoms. The van der Waals surface area contributed by atoms with Gasteiger partial charge in [-0.3, -0.25) is 10.1 Å². The van der Waals surface area contributed by atoms with E-state index in [1.165, 1.54) is 6.07 Å². The topological polar surface area (TPSA) is 43.1 Å². The van der Waals surface area contributed by atoms with E-state index in [4.69, 9.17) is 11.6 Å². The van der Waals surface area contributed by atoms with Crippen molar-refractivity contribution in [2.75, 3.05) is 0 Å². The molecule has 0 unspecified atom stereocenters. The molecule has 0 atom stereocenters. The van der Waals surface area contributed by atoms with Crippen molar-refractivity contribution < 1.29 is 4.92 Å². The number of benzene rings is 1. The second kappa shape index (κ2) is 3.54. The molecular formula is C8H7ClNO2. The lowest BCUT2D eigenvalue weighted by Gasteiger charge is -2.00. The minimum Gasteiger partial charge on any atom is -0.258 e.